The normalized spacial score (nSPS) is 13.0. The van der Waals surface area contributed by atoms with Crippen LogP contribution in [-0.2, 0) is 4.79 Å². The Labute approximate surface area is 130 Å². The average molecular weight is 373 g/mol. The molecule has 0 heterocycles. The molecule has 0 saturated carbocycles. The zero-order valence-corrected chi connectivity index (χ0v) is 12.1. The number of alkyl halides is 6. The number of aliphatic hydroxyl groups excluding tert-OH is 1. The molecule has 126 valence electrons. The number of aliphatic hydroxyl groups is 1. The van der Waals surface area contributed by atoms with Crippen molar-refractivity contribution < 1.29 is 41.0 Å². The maximum atomic E-state index is 10.9. The highest BCUT2D eigenvalue weighted by atomic mass is 35.5. The van der Waals surface area contributed by atoms with Crippen molar-refractivity contribution in [1.82, 2.24) is 0 Å². The SMILES string of the molecule is CC(O)Oc1ccc(Cl)cc1Cl.O=C(C(F)(F)F)C(F)(F)F. The van der Waals surface area contributed by atoms with Crippen molar-refractivity contribution in [3.8, 4) is 5.75 Å². The van der Waals surface area contributed by atoms with E-state index < -0.39 is 24.4 Å². The molecule has 0 saturated heterocycles. The molecule has 0 aliphatic carbocycles. The Morgan fingerprint density at radius 2 is 1.59 bits per heavy atom. The van der Waals surface area contributed by atoms with E-state index in [0.717, 1.165) is 0 Å². The molecule has 1 aromatic carbocycles. The third-order valence-corrected chi connectivity index (χ3v) is 2.24. The zero-order chi connectivity index (χ0) is 17.7. The molecule has 0 amide bonds. The van der Waals surface area contributed by atoms with Gasteiger partial charge < -0.3 is 9.84 Å². The van der Waals surface area contributed by atoms with Crippen LogP contribution in [0.3, 0.4) is 0 Å². The molecule has 0 bridgehead atoms. The van der Waals surface area contributed by atoms with Gasteiger partial charge in [-0.05, 0) is 25.1 Å². The molecule has 0 spiro atoms. The summed E-state index contributed by atoms with van der Waals surface area (Å²) < 4.78 is 70.2. The molecular formula is C11H8Cl2F6O3. The van der Waals surface area contributed by atoms with Gasteiger partial charge in [0.15, 0.2) is 6.29 Å². The lowest BCUT2D eigenvalue weighted by atomic mass is 10.3. The summed E-state index contributed by atoms with van der Waals surface area (Å²) in [7, 11) is 0. The van der Waals surface area contributed by atoms with E-state index in [2.05, 4.69) is 0 Å². The average Bonchev–Trinajstić information content (AvgIpc) is 2.30. The smallest absolute Gasteiger partial charge is 0.459 e. The number of hydrogen-bond donors (Lipinski definition) is 1. The van der Waals surface area contributed by atoms with Crippen LogP contribution in [0.1, 0.15) is 6.92 Å². The van der Waals surface area contributed by atoms with Crippen molar-refractivity contribution in [3.63, 3.8) is 0 Å². The van der Waals surface area contributed by atoms with Crippen LogP contribution < -0.4 is 4.74 Å². The van der Waals surface area contributed by atoms with Crippen molar-refractivity contribution in [3.05, 3.63) is 28.2 Å². The number of benzene rings is 1. The Morgan fingerprint density at radius 3 is 1.86 bits per heavy atom. The molecule has 1 N–H and O–H groups in total. The fourth-order valence-electron chi connectivity index (χ4n) is 0.915. The van der Waals surface area contributed by atoms with Crippen LogP contribution >= 0.6 is 23.2 Å². The number of carbonyl (C=O) groups is 1. The van der Waals surface area contributed by atoms with Gasteiger partial charge >= 0.3 is 18.1 Å². The van der Waals surface area contributed by atoms with Crippen LogP contribution in [0, 0.1) is 0 Å². The summed E-state index contributed by atoms with van der Waals surface area (Å²) in [6.45, 7) is 1.50. The van der Waals surface area contributed by atoms with Crippen LogP contribution in [0.25, 0.3) is 0 Å². The maximum absolute atomic E-state index is 10.9. The predicted molar refractivity (Wildman–Crippen MR) is 65.9 cm³/mol. The third kappa shape index (κ3) is 7.71. The van der Waals surface area contributed by atoms with Gasteiger partial charge in [-0.15, -0.1) is 0 Å². The number of rotatable bonds is 2. The monoisotopic (exact) mass is 372 g/mol. The van der Waals surface area contributed by atoms with Crippen LogP contribution in [0.5, 0.6) is 5.75 Å². The van der Waals surface area contributed by atoms with Crippen molar-refractivity contribution in [2.24, 2.45) is 0 Å². The summed E-state index contributed by atoms with van der Waals surface area (Å²) in [5, 5.41) is 9.82. The van der Waals surface area contributed by atoms with Crippen molar-refractivity contribution in [1.29, 1.82) is 0 Å². The molecule has 1 aromatic rings. The fraction of sp³-hybridized carbons (Fsp3) is 0.364. The Morgan fingerprint density at radius 1 is 1.14 bits per heavy atom. The Hall–Kier alpha value is -1.19. The van der Waals surface area contributed by atoms with E-state index in [4.69, 9.17) is 33.0 Å². The quantitative estimate of drug-likeness (QED) is 0.618. The molecule has 0 aliphatic heterocycles. The Bertz CT molecular complexity index is 498. The summed E-state index contributed by atoms with van der Waals surface area (Å²) in [5.41, 5.74) is 0. The third-order valence-electron chi connectivity index (χ3n) is 1.71. The van der Waals surface area contributed by atoms with Gasteiger partial charge in [-0.25, -0.2) is 0 Å². The van der Waals surface area contributed by atoms with Crippen molar-refractivity contribution in [2.45, 2.75) is 25.6 Å². The first-order chi connectivity index (χ1) is 9.75. The van der Waals surface area contributed by atoms with Gasteiger partial charge in [0.05, 0.1) is 5.02 Å². The topological polar surface area (TPSA) is 46.5 Å². The first kappa shape index (κ1) is 20.8. The minimum atomic E-state index is -5.82. The van der Waals surface area contributed by atoms with Crippen LogP contribution in [-0.4, -0.2) is 29.5 Å². The number of Topliss-reactive ketones (excluding diaryl/α,β-unsaturated/α-hetero) is 1. The standard InChI is InChI=1S/C8H8Cl2O2.C3F6O/c1-5(11)12-8-3-2-6(9)4-7(8)10;4-2(5,6)1(10)3(7,8)9/h2-5,11H,1H3;. The van der Waals surface area contributed by atoms with Crippen LogP contribution in [0.2, 0.25) is 10.0 Å². The lowest BCUT2D eigenvalue weighted by molar-refractivity contribution is -0.217. The largest absolute Gasteiger partial charge is 0.464 e. The van der Waals surface area contributed by atoms with E-state index in [1.165, 1.54) is 6.92 Å². The molecular weight excluding hydrogens is 365 g/mol. The number of ether oxygens (including phenoxy) is 1. The summed E-state index contributed by atoms with van der Waals surface area (Å²) in [5.74, 6) is -3.25. The highest BCUT2D eigenvalue weighted by molar-refractivity contribution is 6.35. The van der Waals surface area contributed by atoms with Crippen LogP contribution in [0.15, 0.2) is 18.2 Å². The Kier molecular flexibility index (Phi) is 7.46. The molecule has 11 heteroatoms. The molecule has 1 atom stereocenters. The summed E-state index contributed by atoms with van der Waals surface area (Å²) in [4.78, 5) is 9.24. The van der Waals surface area contributed by atoms with E-state index in [-0.39, 0.29) is 0 Å². The second-order valence-electron chi connectivity index (χ2n) is 3.62. The van der Waals surface area contributed by atoms with Gasteiger partial charge in [-0.1, -0.05) is 23.2 Å². The lowest BCUT2D eigenvalue weighted by Crippen LogP contribution is -2.36. The second-order valence-corrected chi connectivity index (χ2v) is 4.46. The summed E-state index contributed by atoms with van der Waals surface area (Å²) >= 11 is 11.4. The van der Waals surface area contributed by atoms with Gasteiger partial charge in [-0.3, -0.25) is 4.79 Å². The van der Waals surface area contributed by atoms with E-state index in [1.807, 2.05) is 0 Å². The number of ketones is 1. The zero-order valence-electron chi connectivity index (χ0n) is 10.6. The molecule has 0 fully saturated rings. The second kappa shape index (κ2) is 7.89. The molecule has 0 aliphatic rings. The van der Waals surface area contributed by atoms with Crippen molar-refractivity contribution >= 4 is 29.0 Å². The van der Waals surface area contributed by atoms with Gasteiger partial charge in [0.1, 0.15) is 5.75 Å². The number of halogens is 8. The minimum Gasteiger partial charge on any atom is -0.464 e. The molecule has 3 nitrogen and oxygen atoms in total. The molecule has 0 aromatic heterocycles. The van der Waals surface area contributed by atoms with E-state index >= 15 is 0 Å². The predicted octanol–water partition coefficient (Wildman–Crippen LogP) is 4.39. The number of hydrogen-bond acceptors (Lipinski definition) is 3. The van der Waals surface area contributed by atoms with Gasteiger partial charge in [-0.2, -0.15) is 26.3 Å². The molecule has 0 radical (unpaired) electrons. The van der Waals surface area contributed by atoms with Crippen LogP contribution in [0.4, 0.5) is 26.3 Å². The Balaban J connectivity index is 0.000000409. The minimum absolute atomic E-state index is 0.392. The number of carbonyl (C=O) groups excluding carboxylic acids is 1. The van der Waals surface area contributed by atoms with Gasteiger partial charge in [0.2, 0.25) is 0 Å². The highest BCUT2D eigenvalue weighted by Gasteiger charge is 2.55. The summed E-state index contributed by atoms with van der Waals surface area (Å²) in [6.07, 6.45) is -12.5. The first-order valence-corrected chi connectivity index (χ1v) is 5.99. The van der Waals surface area contributed by atoms with E-state index in [0.29, 0.717) is 15.8 Å². The molecule has 1 unspecified atom stereocenters. The van der Waals surface area contributed by atoms with Crippen molar-refractivity contribution in [2.75, 3.05) is 0 Å². The van der Waals surface area contributed by atoms with E-state index in [9.17, 15) is 31.1 Å². The fourth-order valence-corrected chi connectivity index (χ4v) is 1.37. The van der Waals surface area contributed by atoms with E-state index in [1.54, 1.807) is 18.2 Å². The lowest BCUT2D eigenvalue weighted by Gasteiger charge is -2.09. The van der Waals surface area contributed by atoms with Gasteiger partial charge in [0.25, 0.3) is 0 Å². The van der Waals surface area contributed by atoms with Gasteiger partial charge in [0, 0.05) is 5.02 Å². The molecule has 1 rings (SSSR count). The maximum Gasteiger partial charge on any atom is 0.459 e. The summed E-state index contributed by atoms with van der Waals surface area (Å²) in [6, 6.07) is 4.81. The highest BCUT2D eigenvalue weighted by Crippen LogP contribution is 2.28. The molecule has 22 heavy (non-hydrogen) atoms. The first-order valence-electron chi connectivity index (χ1n) is 5.23.